The van der Waals surface area contributed by atoms with Crippen molar-refractivity contribution in [3.63, 3.8) is 0 Å². The van der Waals surface area contributed by atoms with Gasteiger partial charge in [0.1, 0.15) is 10.8 Å². The minimum Gasteiger partial charge on any atom is -0.389 e. The average molecular weight is 315 g/mol. The van der Waals surface area contributed by atoms with Crippen LogP contribution >= 0.6 is 35.4 Å². The van der Waals surface area contributed by atoms with Crippen molar-refractivity contribution >= 4 is 52.1 Å². The standard InChI is InChI=1S/C11H8Cl2N4OS/c12-7-3-1-2-5(8(7)13)11(18)16-10-6(9(14)19)4-15-17-10/h1-4H,(H2,14,19)(H2,15,16,17,18). The first kappa shape index (κ1) is 13.8. The van der Waals surface area contributed by atoms with E-state index < -0.39 is 5.91 Å². The van der Waals surface area contributed by atoms with E-state index in [9.17, 15) is 4.79 Å². The second kappa shape index (κ2) is 5.56. The zero-order valence-electron chi connectivity index (χ0n) is 9.41. The number of nitrogens with one attached hydrogen (secondary N) is 2. The summed E-state index contributed by atoms with van der Waals surface area (Å²) in [6.07, 6.45) is 1.43. The molecule has 4 N–H and O–H groups in total. The SMILES string of the molecule is NC(=S)c1cn[nH]c1NC(=O)c1cccc(Cl)c1Cl. The first-order valence-corrected chi connectivity index (χ1v) is 6.25. The molecule has 0 unspecified atom stereocenters. The molecule has 98 valence electrons. The van der Waals surface area contributed by atoms with E-state index in [1.54, 1.807) is 18.2 Å². The van der Waals surface area contributed by atoms with E-state index in [0.717, 1.165) is 0 Å². The summed E-state index contributed by atoms with van der Waals surface area (Å²) in [4.78, 5) is 12.2. The minimum absolute atomic E-state index is 0.126. The third-order valence-electron chi connectivity index (χ3n) is 2.34. The lowest BCUT2D eigenvalue weighted by Gasteiger charge is -2.07. The maximum Gasteiger partial charge on any atom is 0.258 e. The largest absolute Gasteiger partial charge is 0.389 e. The van der Waals surface area contributed by atoms with Gasteiger partial charge in [0, 0.05) is 0 Å². The molecule has 0 bridgehead atoms. The van der Waals surface area contributed by atoms with Gasteiger partial charge in [-0.15, -0.1) is 0 Å². The lowest BCUT2D eigenvalue weighted by Crippen LogP contribution is -2.17. The van der Waals surface area contributed by atoms with Gasteiger partial charge in [-0.3, -0.25) is 9.89 Å². The highest BCUT2D eigenvalue weighted by Gasteiger charge is 2.16. The second-order valence-electron chi connectivity index (χ2n) is 3.58. The average Bonchev–Trinajstić information content (AvgIpc) is 2.80. The molecule has 0 atom stereocenters. The van der Waals surface area contributed by atoms with E-state index in [2.05, 4.69) is 15.5 Å². The number of anilines is 1. The summed E-state index contributed by atoms with van der Waals surface area (Å²) in [5.74, 6) is -0.122. The molecule has 1 amide bonds. The van der Waals surface area contributed by atoms with Gasteiger partial charge in [0.05, 0.1) is 27.4 Å². The number of carbonyl (C=O) groups excluding carboxylic acids is 1. The van der Waals surface area contributed by atoms with Crippen LogP contribution in [0.4, 0.5) is 5.82 Å². The normalized spacial score (nSPS) is 10.2. The molecule has 0 aliphatic carbocycles. The number of H-pyrrole nitrogens is 1. The Balaban J connectivity index is 2.29. The van der Waals surface area contributed by atoms with Crippen molar-refractivity contribution in [3.8, 4) is 0 Å². The lowest BCUT2D eigenvalue weighted by atomic mass is 10.2. The third kappa shape index (κ3) is 2.86. The molecule has 1 heterocycles. The molecule has 0 aliphatic heterocycles. The number of hydrogen-bond donors (Lipinski definition) is 3. The Morgan fingerprint density at radius 1 is 1.37 bits per heavy atom. The number of thiocarbonyl (C=S) groups is 1. The topological polar surface area (TPSA) is 83.8 Å². The number of benzene rings is 1. The fourth-order valence-electron chi connectivity index (χ4n) is 1.43. The van der Waals surface area contributed by atoms with Gasteiger partial charge in [0.15, 0.2) is 0 Å². The van der Waals surface area contributed by atoms with E-state index in [-0.39, 0.29) is 15.6 Å². The zero-order chi connectivity index (χ0) is 14.0. The van der Waals surface area contributed by atoms with E-state index >= 15 is 0 Å². The Kier molecular flexibility index (Phi) is 4.04. The minimum atomic E-state index is -0.436. The van der Waals surface area contributed by atoms with Crippen LogP contribution in [0.2, 0.25) is 10.0 Å². The van der Waals surface area contributed by atoms with E-state index in [1.807, 2.05) is 0 Å². The van der Waals surface area contributed by atoms with Crippen molar-refractivity contribution in [3.05, 3.63) is 45.6 Å². The Labute approximate surface area is 124 Å². The highest BCUT2D eigenvalue weighted by molar-refractivity contribution is 7.80. The Morgan fingerprint density at radius 3 is 2.79 bits per heavy atom. The molecule has 0 aliphatic rings. The van der Waals surface area contributed by atoms with Gasteiger partial charge in [-0.2, -0.15) is 5.10 Å². The number of rotatable bonds is 3. The summed E-state index contributed by atoms with van der Waals surface area (Å²) in [6, 6.07) is 4.78. The van der Waals surface area contributed by atoms with Crippen LogP contribution in [0.25, 0.3) is 0 Å². The van der Waals surface area contributed by atoms with Gasteiger partial charge in [0.25, 0.3) is 5.91 Å². The third-order valence-corrected chi connectivity index (χ3v) is 3.38. The number of aromatic amines is 1. The molecule has 0 spiro atoms. The smallest absolute Gasteiger partial charge is 0.258 e. The summed E-state index contributed by atoms with van der Waals surface area (Å²) < 4.78 is 0. The van der Waals surface area contributed by atoms with Crippen molar-refractivity contribution in [2.75, 3.05) is 5.32 Å². The zero-order valence-corrected chi connectivity index (χ0v) is 11.7. The summed E-state index contributed by atoms with van der Waals surface area (Å²) >= 11 is 16.6. The highest BCUT2D eigenvalue weighted by atomic mass is 35.5. The van der Waals surface area contributed by atoms with Gasteiger partial charge < -0.3 is 11.1 Å². The van der Waals surface area contributed by atoms with Gasteiger partial charge in [0.2, 0.25) is 0 Å². The fraction of sp³-hybridized carbons (Fsp3) is 0. The van der Waals surface area contributed by atoms with Crippen LogP contribution in [0.15, 0.2) is 24.4 Å². The monoisotopic (exact) mass is 314 g/mol. The molecule has 0 saturated heterocycles. The van der Waals surface area contributed by atoms with Crippen molar-refractivity contribution in [2.24, 2.45) is 5.73 Å². The maximum atomic E-state index is 12.1. The summed E-state index contributed by atoms with van der Waals surface area (Å²) in [5.41, 5.74) is 6.19. The molecule has 0 saturated carbocycles. The van der Waals surface area contributed by atoms with Gasteiger partial charge in [-0.1, -0.05) is 41.5 Å². The van der Waals surface area contributed by atoms with Gasteiger partial charge >= 0.3 is 0 Å². The number of carbonyl (C=O) groups is 1. The molecular weight excluding hydrogens is 307 g/mol. The molecule has 0 fully saturated rings. The quantitative estimate of drug-likeness (QED) is 0.760. The number of halogens is 2. The van der Waals surface area contributed by atoms with E-state index in [4.69, 9.17) is 41.2 Å². The number of nitrogens with zero attached hydrogens (tertiary/aromatic N) is 1. The molecule has 1 aromatic heterocycles. The first-order chi connectivity index (χ1) is 9.00. The molecule has 19 heavy (non-hydrogen) atoms. The molecule has 5 nitrogen and oxygen atoms in total. The number of aromatic nitrogens is 2. The fourth-order valence-corrected chi connectivity index (χ4v) is 1.97. The van der Waals surface area contributed by atoms with Crippen molar-refractivity contribution in [2.45, 2.75) is 0 Å². The van der Waals surface area contributed by atoms with E-state index in [1.165, 1.54) is 6.20 Å². The summed E-state index contributed by atoms with van der Waals surface area (Å²) in [6.45, 7) is 0. The molecule has 0 radical (unpaired) electrons. The highest BCUT2D eigenvalue weighted by Crippen LogP contribution is 2.26. The maximum absolute atomic E-state index is 12.1. The number of hydrogen-bond acceptors (Lipinski definition) is 3. The lowest BCUT2D eigenvalue weighted by molar-refractivity contribution is 0.102. The van der Waals surface area contributed by atoms with Gasteiger partial charge in [-0.25, -0.2) is 0 Å². The predicted octanol–water partition coefficient (Wildman–Crippen LogP) is 2.60. The first-order valence-electron chi connectivity index (χ1n) is 5.09. The van der Waals surface area contributed by atoms with Crippen LogP contribution in [0.5, 0.6) is 0 Å². The summed E-state index contributed by atoms with van der Waals surface area (Å²) in [7, 11) is 0. The predicted molar refractivity (Wildman–Crippen MR) is 78.9 cm³/mol. The van der Waals surface area contributed by atoms with Crippen molar-refractivity contribution in [1.29, 1.82) is 0 Å². The van der Waals surface area contributed by atoms with E-state index in [0.29, 0.717) is 16.4 Å². The molecule has 2 aromatic rings. The van der Waals surface area contributed by atoms with Crippen LogP contribution in [-0.4, -0.2) is 21.1 Å². The molecule has 8 heteroatoms. The van der Waals surface area contributed by atoms with Crippen LogP contribution in [0, 0.1) is 0 Å². The Bertz CT molecular complexity index is 656. The van der Waals surface area contributed by atoms with Crippen LogP contribution in [0.1, 0.15) is 15.9 Å². The number of nitrogens with two attached hydrogens (primary N) is 1. The summed E-state index contributed by atoms with van der Waals surface area (Å²) in [5, 5.41) is 9.43. The molecular formula is C11H8Cl2N4OS. The second-order valence-corrected chi connectivity index (χ2v) is 4.80. The van der Waals surface area contributed by atoms with Crippen LogP contribution < -0.4 is 11.1 Å². The van der Waals surface area contributed by atoms with Crippen LogP contribution in [0.3, 0.4) is 0 Å². The molecule has 1 aromatic carbocycles. The van der Waals surface area contributed by atoms with Crippen molar-refractivity contribution < 1.29 is 4.79 Å². The molecule has 2 rings (SSSR count). The Morgan fingerprint density at radius 2 is 2.11 bits per heavy atom. The Hall–Kier alpha value is -1.63. The number of amides is 1. The van der Waals surface area contributed by atoms with Crippen molar-refractivity contribution in [1.82, 2.24) is 10.2 Å². The van der Waals surface area contributed by atoms with Crippen LogP contribution in [-0.2, 0) is 0 Å². The van der Waals surface area contributed by atoms with Gasteiger partial charge in [-0.05, 0) is 12.1 Å².